The largest absolute Gasteiger partial charge is 0.332 e. The fourth-order valence-corrected chi connectivity index (χ4v) is 6.04. The molecule has 27 heavy (non-hydrogen) atoms. The second-order valence-electron chi connectivity index (χ2n) is 8.86. The van der Waals surface area contributed by atoms with Crippen LogP contribution >= 0.6 is 11.6 Å². The summed E-state index contributed by atoms with van der Waals surface area (Å²) in [5.41, 5.74) is 0.925. The van der Waals surface area contributed by atoms with Gasteiger partial charge < -0.3 is 10.6 Å². The number of nitrogens with one attached hydrogen (secondary N) is 3. The van der Waals surface area contributed by atoms with Gasteiger partial charge in [-0.05, 0) is 80.9 Å². The first kappa shape index (κ1) is 18.8. The van der Waals surface area contributed by atoms with Crippen LogP contribution in [0.3, 0.4) is 0 Å². The Morgan fingerprint density at radius 2 is 1.78 bits per heavy atom. The number of halogens is 1. The predicted molar refractivity (Wildman–Crippen MR) is 105 cm³/mol. The van der Waals surface area contributed by atoms with Crippen molar-refractivity contribution in [2.24, 2.45) is 17.8 Å². The van der Waals surface area contributed by atoms with Gasteiger partial charge in [-0.1, -0.05) is 23.7 Å². The summed E-state index contributed by atoms with van der Waals surface area (Å²) in [6, 6.07) is 7.16. The van der Waals surface area contributed by atoms with Gasteiger partial charge in [-0.2, -0.15) is 0 Å². The van der Waals surface area contributed by atoms with E-state index in [1.165, 1.54) is 19.3 Å². The second-order valence-corrected chi connectivity index (χ2v) is 9.29. The van der Waals surface area contributed by atoms with Gasteiger partial charge >= 0.3 is 6.03 Å². The molecule has 0 aliphatic heterocycles. The summed E-state index contributed by atoms with van der Waals surface area (Å²) in [6.07, 6.45) is 7.20. The lowest BCUT2D eigenvalue weighted by atomic mass is 9.53. The molecule has 5 rings (SSSR count). The van der Waals surface area contributed by atoms with Crippen LogP contribution in [0.1, 0.15) is 57.1 Å². The molecule has 4 saturated carbocycles. The maximum absolute atomic E-state index is 12.4. The molecule has 1 aromatic carbocycles. The maximum Gasteiger partial charge on any atom is 0.321 e. The van der Waals surface area contributed by atoms with Crippen molar-refractivity contribution in [2.75, 3.05) is 6.54 Å². The Hall–Kier alpha value is -1.59. The van der Waals surface area contributed by atoms with Crippen molar-refractivity contribution < 1.29 is 9.59 Å². The zero-order valence-electron chi connectivity index (χ0n) is 15.8. The number of rotatable bonds is 5. The Labute approximate surface area is 165 Å². The van der Waals surface area contributed by atoms with Crippen molar-refractivity contribution in [2.45, 2.75) is 57.0 Å². The van der Waals surface area contributed by atoms with Crippen molar-refractivity contribution in [1.29, 1.82) is 0 Å². The van der Waals surface area contributed by atoms with E-state index in [9.17, 15) is 9.59 Å². The van der Waals surface area contributed by atoms with Crippen LogP contribution in [-0.2, 0) is 4.79 Å². The minimum Gasteiger partial charge on any atom is -0.332 e. The van der Waals surface area contributed by atoms with Gasteiger partial charge in [0.25, 0.3) is 0 Å². The van der Waals surface area contributed by atoms with Gasteiger partial charge in [0.15, 0.2) is 0 Å². The molecule has 3 N–H and O–H groups in total. The van der Waals surface area contributed by atoms with Crippen molar-refractivity contribution in [3.63, 3.8) is 0 Å². The highest BCUT2D eigenvalue weighted by atomic mass is 35.5. The highest BCUT2D eigenvalue weighted by molar-refractivity contribution is 6.30. The Kier molecular flexibility index (Phi) is 5.17. The Bertz CT molecular complexity index is 701. The number of hydrogen-bond acceptors (Lipinski definition) is 3. The van der Waals surface area contributed by atoms with Crippen LogP contribution in [0.5, 0.6) is 0 Å². The first-order chi connectivity index (χ1) is 12.9. The minimum atomic E-state index is -0.348. The summed E-state index contributed by atoms with van der Waals surface area (Å²) in [7, 11) is 0. The van der Waals surface area contributed by atoms with Crippen LogP contribution in [0.15, 0.2) is 24.3 Å². The van der Waals surface area contributed by atoms with E-state index in [0.717, 1.165) is 42.6 Å². The summed E-state index contributed by atoms with van der Waals surface area (Å²) in [6.45, 7) is 2.05. The summed E-state index contributed by atoms with van der Waals surface area (Å²) in [5.74, 6) is 1.96. The Balaban J connectivity index is 1.25. The van der Waals surface area contributed by atoms with Gasteiger partial charge in [0.1, 0.15) is 0 Å². The molecular formula is C21H28ClN3O2. The average Bonchev–Trinajstić information content (AvgIpc) is 2.57. The molecule has 5 nitrogen and oxygen atoms in total. The monoisotopic (exact) mass is 389 g/mol. The van der Waals surface area contributed by atoms with Gasteiger partial charge in [0.2, 0.25) is 5.91 Å². The van der Waals surface area contributed by atoms with Gasteiger partial charge in [-0.15, -0.1) is 0 Å². The third-order valence-electron chi connectivity index (χ3n) is 6.59. The molecule has 1 atom stereocenters. The summed E-state index contributed by atoms with van der Waals surface area (Å²) in [4.78, 5) is 24.6. The van der Waals surface area contributed by atoms with E-state index in [-0.39, 0.29) is 30.1 Å². The predicted octanol–water partition coefficient (Wildman–Crippen LogP) is 3.79. The molecule has 0 saturated heterocycles. The topological polar surface area (TPSA) is 70.2 Å². The number of carbonyl (C=O) groups is 2. The third-order valence-corrected chi connectivity index (χ3v) is 6.82. The summed E-state index contributed by atoms with van der Waals surface area (Å²) < 4.78 is 0. The third kappa shape index (κ3) is 4.30. The van der Waals surface area contributed by atoms with Gasteiger partial charge in [-0.3, -0.25) is 10.1 Å². The van der Waals surface area contributed by atoms with Crippen LogP contribution in [0.4, 0.5) is 4.79 Å². The first-order valence-electron chi connectivity index (χ1n) is 10.0. The first-order valence-corrected chi connectivity index (χ1v) is 10.4. The van der Waals surface area contributed by atoms with E-state index >= 15 is 0 Å². The molecular weight excluding hydrogens is 362 g/mol. The van der Waals surface area contributed by atoms with Gasteiger partial charge in [-0.25, -0.2) is 4.79 Å². The van der Waals surface area contributed by atoms with E-state index in [4.69, 9.17) is 11.6 Å². The van der Waals surface area contributed by atoms with Crippen LogP contribution in [-0.4, -0.2) is 24.0 Å². The van der Waals surface area contributed by atoms with Crippen LogP contribution in [0.25, 0.3) is 0 Å². The van der Waals surface area contributed by atoms with E-state index in [1.807, 2.05) is 31.2 Å². The summed E-state index contributed by atoms with van der Waals surface area (Å²) in [5, 5.41) is 9.47. The average molecular weight is 390 g/mol. The molecule has 0 unspecified atom stereocenters. The van der Waals surface area contributed by atoms with E-state index in [0.29, 0.717) is 5.02 Å². The molecule has 4 bridgehead atoms. The summed E-state index contributed by atoms with van der Waals surface area (Å²) >= 11 is 6.01. The highest BCUT2D eigenvalue weighted by Crippen LogP contribution is 2.55. The fraction of sp³-hybridized carbons (Fsp3) is 0.619. The molecule has 0 aromatic heterocycles. The lowest BCUT2D eigenvalue weighted by Crippen LogP contribution is -2.62. The number of amides is 3. The minimum absolute atomic E-state index is 0.0272. The highest BCUT2D eigenvalue weighted by Gasteiger charge is 2.51. The standard InChI is InChI=1S/C21H28ClN3O2/c1-13(17-3-2-4-18(22)8-17)23-12-19(26)24-20(27)25-21-9-14-5-15(10-21)7-16(6-14)11-21/h2-4,8,13-16,23H,5-7,9-12H2,1H3,(H2,24,25,26,27)/t13-,14?,15?,16?,21?/m1/s1. The number of hydrogen-bond donors (Lipinski definition) is 3. The molecule has 6 heteroatoms. The molecule has 4 fully saturated rings. The van der Waals surface area contributed by atoms with Crippen molar-refractivity contribution >= 4 is 23.5 Å². The van der Waals surface area contributed by atoms with Crippen molar-refractivity contribution in [1.82, 2.24) is 16.0 Å². The molecule has 4 aliphatic rings. The van der Waals surface area contributed by atoms with E-state index in [2.05, 4.69) is 16.0 Å². The Morgan fingerprint density at radius 1 is 1.15 bits per heavy atom. The molecule has 4 aliphatic carbocycles. The van der Waals surface area contributed by atoms with Crippen LogP contribution < -0.4 is 16.0 Å². The van der Waals surface area contributed by atoms with Crippen LogP contribution in [0, 0.1) is 17.8 Å². The fourth-order valence-electron chi connectivity index (χ4n) is 5.85. The molecule has 0 spiro atoms. The normalized spacial score (nSPS) is 32.1. The molecule has 3 amide bonds. The number of urea groups is 1. The van der Waals surface area contributed by atoms with Crippen molar-refractivity contribution in [3.8, 4) is 0 Å². The zero-order valence-corrected chi connectivity index (χ0v) is 16.5. The lowest BCUT2D eigenvalue weighted by molar-refractivity contribution is -0.119. The van der Waals surface area contributed by atoms with E-state index < -0.39 is 0 Å². The second kappa shape index (κ2) is 7.44. The number of benzene rings is 1. The van der Waals surface area contributed by atoms with Gasteiger partial charge in [0, 0.05) is 16.6 Å². The Morgan fingerprint density at radius 3 is 2.37 bits per heavy atom. The lowest BCUT2D eigenvalue weighted by Gasteiger charge is -2.56. The number of carbonyl (C=O) groups excluding carboxylic acids is 2. The van der Waals surface area contributed by atoms with Crippen molar-refractivity contribution in [3.05, 3.63) is 34.9 Å². The smallest absolute Gasteiger partial charge is 0.321 e. The molecule has 0 heterocycles. The zero-order chi connectivity index (χ0) is 19.0. The molecule has 146 valence electrons. The van der Waals surface area contributed by atoms with Gasteiger partial charge in [0.05, 0.1) is 6.54 Å². The van der Waals surface area contributed by atoms with Crippen LogP contribution in [0.2, 0.25) is 5.02 Å². The quantitative estimate of drug-likeness (QED) is 0.717. The van der Waals surface area contributed by atoms with E-state index in [1.54, 1.807) is 0 Å². The molecule has 0 radical (unpaired) electrons. The SMILES string of the molecule is C[C@@H](NCC(=O)NC(=O)NC12CC3CC(CC(C3)C1)C2)c1cccc(Cl)c1. The number of imide groups is 1. The maximum atomic E-state index is 12.4. The molecule has 1 aromatic rings.